The molecule has 1 aliphatic heterocycles. The van der Waals surface area contributed by atoms with Gasteiger partial charge in [-0.2, -0.15) is 5.10 Å². The zero-order valence-electron chi connectivity index (χ0n) is 29.2. The summed E-state index contributed by atoms with van der Waals surface area (Å²) in [6.07, 6.45) is 6.81. The fourth-order valence-electron chi connectivity index (χ4n) is 6.68. The number of pyridine rings is 1. The quantitative estimate of drug-likeness (QED) is 0.181. The van der Waals surface area contributed by atoms with E-state index in [1.165, 1.54) is 30.0 Å². The number of methoxy groups -OCH3 is 1. The van der Waals surface area contributed by atoms with Crippen LogP contribution in [0.15, 0.2) is 66.9 Å². The highest BCUT2D eigenvalue weighted by atomic mass is 16.6. The van der Waals surface area contributed by atoms with Gasteiger partial charge in [0.2, 0.25) is 5.88 Å². The summed E-state index contributed by atoms with van der Waals surface area (Å²) in [5, 5.41) is 8.22. The zero-order chi connectivity index (χ0) is 34.7. The Morgan fingerprint density at radius 1 is 1.02 bits per heavy atom. The van der Waals surface area contributed by atoms with Crippen molar-refractivity contribution in [3.63, 3.8) is 0 Å². The average molecular weight is 664 g/mol. The number of ether oxygens (including phenoxy) is 3. The van der Waals surface area contributed by atoms with Crippen molar-refractivity contribution < 1.29 is 23.8 Å². The molecule has 0 saturated heterocycles. The highest BCUT2D eigenvalue weighted by Gasteiger charge is 2.28. The summed E-state index contributed by atoms with van der Waals surface area (Å²) < 4.78 is 18.0. The van der Waals surface area contributed by atoms with Crippen LogP contribution >= 0.6 is 0 Å². The number of benzene rings is 2. The van der Waals surface area contributed by atoms with Crippen LogP contribution in [0, 0.1) is 0 Å². The molecule has 1 N–H and O–H groups in total. The van der Waals surface area contributed by atoms with Crippen LogP contribution in [-0.4, -0.2) is 64.1 Å². The van der Waals surface area contributed by atoms with E-state index in [0.29, 0.717) is 19.0 Å². The maximum Gasteiger partial charge on any atom is 0.410 e. The van der Waals surface area contributed by atoms with Gasteiger partial charge in [-0.3, -0.25) is 0 Å². The molecule has 49 heavy (non-hydrogen) atoms. The third-order valence-electron chi connectivity index (χ3n) is 8.90. The number of nitrogens with one attached hydrogen (secondary N) is 1. The number of hydrogen-bond acceptors (Lipinski definition) is 8. The second-order valence-corrected chi connectivity index (χ2v) is 13.3. The highest BCUT2D eigenvalue weighted by Crippen LogP contribution is 2.41. The van der Waals surface area contributed by atoms with Crippen molar-refractivity contribution in [3.8, 4) is 22.7 Å². The Morgan fingerprint density at radius 3 is 2.55 bits per heavy atom. The molecule has 2 aromatic heterocycles. The van der Waals surface area contributed by atoms with E-state index in [9.17, 15) is 9.59 Å². The van der Waals surface area contributed by atoms with E-state index in [1.807, 2.05) is 32.9 Å². The van der Waals surface area contributed by atoms with Crippen molar-refractivity contribution in [2.24, 2.45) is 0 Å². The van der Waals surface area contributed by atoms with Gasteiger partial charge in [-0.15, -0.1) is 0 Å². The number of rotatable bonds is 9. The molecule has 0 radical (unpaired) electrons. The summed E-state index contributed by atoms with van der Waals surface area (Å²) in [5.74, 6) is 0.713. The summed E-state index contributed by atoms with van der Waals surface area (Å²) in [5.41, 5.74) is 8.70. The van der Waals surface area contributed by atoms with Crippen molar-refractivity contribution in [2.45, 2.75) is 71.9 Å². The lowest BCUT2D eigenvalue weighted by atomic mass is 9.94. The Balaban J connectivity index is 1.23. The third kappa shape index (κ3) is 7.18. The van der Waals surface area contributed by atoms with Crippen LogP contribution < -0.4 is 10.1 Å². The normalized spacial score (nSPS) is 15.8. The molecular formula is C39H45N5O5. The number of aromatic nitrogens is 3. The summed E-state index contributed by atoms with van der Waals surface area (Å²) in [6.45, 7) is 11.0. The molecule has 1 aliphatic carbocycles. The van der Waals surface area contributed by atoms with Gasteiger partial charge in [-0.1, -0.05) is 43.3 Å². The molecule has 0 spiro atoms. The number of hydrogen-bond donors (Lipinski definition) is 1. The van der Waals surface area contributed by atoms with Crippen molar-refractivity contribution in [1.29, 1.82) is 0 Å². The second-order valence-electron chi connectivity index (χ2n) is 13.3. The predicted molar refractivity (Wildman–Crippen MR) is 190 cm³/mol. The van der Waals surface area contributed by atoms with E-state index in [-0.39, 0.29) is 24.3 Å². The number of fused-ring (bicyclic) bond motifs is 1. The third-order valence-corrected chi connectivity index (χ3v) is 8.90. The molecule has 1 atom stereocenters. The van der Waals surface area contributed by atoms with E-state index < -0.39 is 11.6 Å². The molecule has 2 aliphatic rings. The van der Waals surface area contributed by atoms with Gasteiger partial charge in [0.1, 0.15) is 17.0 Å². The van der Waals surface area contributed by atoms with Gasteiger partial charge in [-0.25, -0.2) is 19.3 Å². The number of amides is 1. The van der Waals surface area contributed by atoms with E-state index in [2.05, 4.69) is 65.9 Å². The van der Waals surface area contributed by atoms with Crippen LogP contribution in [0.5, 0.6) is 5.88 Å². The molecule has 0 fully saturated rings. The van der Waals surface area contributed by atoms with Crippen molar-refractivity contribution in [2.75, 3.05) is 32.1 Å². The molecule has 2 aromatic carbocycles. The lowest BCUT2D eigenvalue weighted by Crippen LogP contribution is -2.39. The standard InChI is InChI=1S/C39H45N5O5/c1-7-32-29(25-19-21-43(22-20-25)38(46)49-39(3,4)5)16-18-34(41-32)42-33-17-15-26-11-10-14-30(35(26)33)27-12-9-13-28(23-27)44-36(47-6)31(24-40-44)37(45)48-8-2/h9-14,16,18-19,23-24,33H,7-8,15,17,20-22H2,1-6H3,(H,41,42). The van der Waals surface area contributed by atoms with Gasteiger partial charge in [-0.05, 0) is 111 Å². The fourth-order valence-corrected chi connectivity index (χ4v) is 6.68. The molecule has 4 aromatic rings. The van der Waals surface area contributed by atoms with Crippen LogP contribution in [0.4, 0.5) is 10.6 Å². The molecule has 0 bridgehead atoms. The maximum atomic E-state index is 12.6. The number of carbonyl (C=O) groups is 2. The van der Waals surface area contributed by atoms with Gasteiger partial charge >= 0.3 is 12.1 Å². The van der Waals surface area contributed by atoms with Gasteiger partial charge in [0.05, 0.1) is 37.3 Å². The lowest BCUT2D eigenvalue weighted by Gasteiger charge is -2.30. The largest absolute Gasteiger partial charge is 0.480 e. The van der Waals surface area contributed by atoms with Gasteiger partial charge in [0, 0.05) is 13.1 Å². The number of nitrogens with zero attached hydrogens (tertiary/aromatic N) is 4. The Labute approximate surface area is 288 Å². The van der Waals surface area contributed by atoms with Crippen molar-refractivity contribution in [3.05, 3.63) is 94.8 Å². The number of aryl methyl sites for hydroxylation is 2. The number of anilines is 1. The molecule has 1 amide bonds. The molecule has 10 heteroatoms. The van der Waals surface area contributed by atoms with E-state index in [4.69, 9.17) is 19.2 Å². The first-order chi connectivity index (χ1) is 23.6. The molecule has 3 heterocycles. The molecular weight excluding hydrogens is 618 g/mol. The lowest BCUT2D eigenvalue weighted by molar-refractivity contribution is 0.0270. The van der Waals surface area contributed by atoms with Crippen LogP contribution in [0.3, 0.4) is 0 Å². The first-order valence-corrected chi connectivity index (χ1v) is 17.1. The maximum absolute atomic E-state index is 12.6. The number of esters is 1. The molecule has 6 rings (SSSR count). The first-order valence-electron chi connectivity index (χ1n) is 17.1. The van der Waals surface area contributed by atoms with Gasteiger partial charge in [0.15, 0.2) is 0 Å². The molecule has 256 valence electrons. The van der Waals surface area contributed by atoms with Crippen LogP contribution in [0.25, 0.3) is 22.4 Å². The summed E-state index contributed by atoms with van der Waals surface area (Å²) in [6, 6.07) is 18.9. The molecule has 10 nitrogen and oxygen atoms in total. The first kappa shape index (κ1) is 33.8. The van der Waals surface area contributed by atoms with Crippen LogP contribution in [-0.2, 0) is 22.3 Å². The topological polar surface area (TPSA) is 108 Å². The summed E-state index contributed by atoms with van der Waals surface area (Å²) in [7, 11) is 1.53. The highest BCUT2D eigenvalue weighted by molar-refractivity contribution is 5.92. The molecule has 0 saturated carbocycles. The molecule has 1 unspecified atom stereocenters. The van der Waals surface area contributed by atoms with E-state index in [0.717, 1.165) is 59.6 Å². The van der Waals surface area contributed by atoms with Gasteiger partial charge < -0.3 is 24.4 Å². The minimum atomic E-state index is -0.515. The Bertz CT molecular complexity index is 1890. The Morgan fingerprint density at radius 2 is 1.84 bits per heavy atom. The smallest absolute Gasteiger partial charge is 0.410 e. The van der Waals surface area contributed by atoms with Crippen molar-refractivity contribution >= 4 is 23.5 Å². The van der Waals surface area contributed by atoms with E-state index in [1.54, 1.807) is 16.5 Å². The summed E-state index contributed by atoms with van der Waals surface area (Å²) in [4.78, 5) is 31.9. The Hall–Kier alpha value is -5.12. The monoisotopic (exact) mass is 663 g/mol. The van der Waals surface area contributed by atoms with Crippen molar-refractivity contribution in [1.82, 2.24) is 19.7 Å². The van der Waals surface area contributed by atoms with E-state index >= 15 is 0 Å². The fraction of sp³-hybridized carbons (Fsp3) is 0.385. The minimum absolute atomic E-state index is 0.0869. The summed E-state index contributed by atoms with van der Waals surface area (Å²) >= 11 is 0. The second kappa shape index (κ2) is 14.2. The van der Waals surface area contributed by atoms with Crippen LogP contribution in [0.1, 0.15) is 86.2 Å². The zero-order valence-corrected chi connectivity index (χ0v) is 29.2. The number of carbonyl (C=O) groups excluding carboxylic acids is 2. The van der Waals surface area contributed by atoms with Gasteiger partial charge in [0.25, 0.3) is 0 Å². The SMILES string of the molecule is CCOC(=O)c1cnn(-c2cccc(-c3cccc4c3C(Nc3ccc(C5=CCN(C(=O)OC(C)(C)C)CC5)c(CC)n3)CC4)c2)c1OC. The predicted octanol–water partition coefficient (Wildman–Crippen LogP) is 7.81. The average Bonchev–Trinajstić information content (AvgIpc) is 3.72. The minimum Gasteiger partial charge on any atom is -0.480 e. The van der Waals surface area contributed by atoms with Crippen LogP contribution in [0.2, 0.25) is 0 Å². The Kier molecular flexibility index (Phi) is 9.76.